The van der Waals surface area contributed by atoms with Crippen molar-refractivity contribution in [2.45, 2.75) is 84.7 Å². The van der Waals surface area contributed by atoms with Crippen molar-refractivity contribution in [3.8, 4) is 0 Å². The number of fused-ring (bicyclic) bond motifs is 5. The van der Waals surface area contributed by atoms with Gasteiger partial charge in [-0.15, -0.1) is 0 Å². The summed E-state index contributed by atoms with van der Waals surface area (Å²) >= 11 is 0. The Kier molecular flexibility index (Phi) is 3.66. The molecule has 2 nitrogen and oxygen atoms in total. The number of hydrogen-bond donors (Lipinski definition) is 0. The second-order valence-corrected chi connectivity index (χ2v) is 9.32. The molecule has 0 unspecified atom stereocenters. The first-order valence-corrected chi connectivity index (χ1v) is 9.79. The summed E-state index contributed by atoms with van der Waals surface area (Å²) in [5, 5.41) is 0. The summed E-state index contributed by atoms with van der Waals surface area (Å²) in [6, 6.07) is 0. The summed E-state index contributed by atoms with van der Waals surface area (Å²) in [7, 11) is 0. The quantitative estimate of drug-likeness (QED) is 0.486. The van der Waals surface area contributed by atoms with Crippen LogP contribution in [0.5, 0.6) is 0 Å². The lowest BCUT2D eigenvalue weighted by Crippen LogP contribution is -2.49. The third-order valence-corrected chi connectivity index (χ3v) is 8.17. The summed E-state index contributed by atoms with van der Waals surface area (Å²) in [5.41, 5.74) is 2.62. The molecular weight excluding hydrogens is 284 g/mol. The number of ether oxygens (including phenoxy) is 1. The van der Waals surface area contributed by atoms with Crippen LogP contribution >= 0.6 is 0 Å². The second kappa shape index (κ2) is 5.36. The average Bonchev–Trinajstić information content (AvgIpc) is 2.89. The first kappa shape index (κ1) is 15.7. The molecule has 0 saturated heterocycles. The average molecular weight is 316 g/mol. The lowest BCUT2D eigenvalue weighted by Gasteiger charge is -2.57. The van der Waals surface area contributed by atoms with Crippen LogP contribution in [-0.4, -0.2) is 12.1 Å². The molecule has 3 fully saturated rings. The number of allylic oxidation sites excluding steroid dienone is 1. The van der Waals surface area contributed by atoms with Gasteiger partial charge in [-0.2, -0.15) is 0 Å². The molecule has 0 N–H and O–H groups in total. The van der Waals surface area contributed by atoms with Crippen LogP contribution in [-0.2, 0) is 9.53 Å². The number of carbonyl (C=O) groups excluding carboxylic acids is 1. The van der Waals surface area contributed by atoms with E-state index in [0.29, 0.717) is 10.8 Å². The van der Waals surface area contributed by atoms with E-state index in [4.69, 9.17) is 4.74 Å². The molecule has 0 aromatic heterocycles. The van der Waals surface area contributed by atoms with Crippen LogP contribution in [0.2, 0.25) is 0 Å². The minimum absolute atomic E-state index is 0.118. The molecule has 128 valence electrons. The van der Waals surface area contributed by atoms with Crippen LogP contribution in [0, 0.1) is 28.6 Å². The number of rotatable bonds is 1. The van der Waals surface area contributed by atoms with E-state index in [2.05, 4.69) is 19.9 Å². The molecule has 4 aliphatic rings. The van der Waals surface area contributed by atoms with Crippen molar-refractivity contribution in [3.63, 3.8) is 0 Å². The third kappa shape index (κ3) is 2.39. The van der Waals surface area contributed by atoms with E-state index in [-0.39, 0.29) is 12.1 Å². The van der Waals surface area contributed by atoms with Crippen molar-refractivity contribution in [1.29, 1.82) is 0 Å². The number of hydrogen-bond acceptors (Lipinski definition) is 2. The standard InChI is InChI=1S/C21H32O2/c1-14(22)23-16-8-12-21(3)15(13-16)6-7-17-18-5-4-10-20(18,2)11-9-19(17)21/h6,16-19H,4-5,7-13H2,1-3H3/t16-,17-,18-,19-,20-,21-/m0/s1. The van der Waals surface area contributed by atoms with E-state index >= 15 is 0 Å². The number of carbonyl (C=O) groups is 1. The van der Waals surface area contributed by atoms with Crippen LogP contribution in [0.25, 0.3) is 0 Å². The smallest absolute Gasteiger partial charge is 0.302 e. The highest BCUT2D eigenvalue weighted by molar-refractivity contribution is 5.66. The Hall–Kier alpha value is -0.790. The SMILES string of the molecule is CC(=O)O[C@H]1CC[C@@]2(C)C(=CC[C@H]3[C@@H]4CCC[C@@]4(C)CC[C@@H]32)C1. The zero-order valence-electron chi connectivity index (χ0n) is 15.1. The van der Waals surface area contributed by atoms with Gasteiger partial charge in [0.25, 0.3) is 0 Å². The monoisotopic (exact) mass is 316 g/mol. The minimum Gasteiger partial charge on any atom is -0.462 e. The Morgan fingerprint density at radius 1 is 1.13 bits per heavy atom. The van der Waals surface area contributed by atoms with E-state index in [1.54, 1.807) is 12.5 Å². The van der Waals surface area contributed by atoms with Crippen LogP contribution in [0.15, 0.2) is 11.6 Å². The van der Waals surface area contributed by atoms with Crippen LogP contribution in [0.1, 0.15) is 78.6 Å². The molecule has 0 spiro atoms. The summed E-state index contributed by atoms with van der Waals surface area (Å²) in [4.78, 5) is 11.3. The van der Waals surface area contributed by atoms with Crippen molar-refractivity contribution in [1.82, 2.24) is 0 Å². The third-order valence-electron chi connectivity index (χ3n) is 8.17. The zero-order chi connectivity index (χ0) is 16.2. The highest BCUT2D eigenvalue weighted by atomic mass is 16.5. The van der Waals surface area contributed by atoms with Gasteiger partial charge in [0.15, 0.2) is 0 Å². The molecule has 0 aliphatic heterocycles. The number of esters is 1. The fourth-order valence-corrected chi connectivity index (χ4v) is 6.96. The first-order valence-electron chi connectivity index (χ1n) is 9.79. The molecule has 0 aromatic carbocycles. The van der Waals surface area contributed by atoms with Crippen molar-refractivity contribution < 1.29 is 9.53 Å². The van der Waals surface area contributed by atoms with Gasteiger partial charge in [-0.25, -0.2) is 0 Å². The molecule has 23 heavy (non-hydrogen) atoms. The lowest BCUT2D eigenvalue weighted by molar-refractivity contribution is -0.148. The van der Waals surface area contributed by atoms with Gasteiger partial charge in [-0.1, -0.05) is 31.9 Å². The van der Waals surface area contributed by atoms with Crippen molar-refractivity contribution in [2.24, 2.45) is 28.6 Å². The maximum Gasteiger partial charge on any atom is 0.302 e. The summed E-state index contributed by atoms with van der Waals surface area (Å²) < 4.78 is 5.53. The molecule has 2 heteroatoms. The van der Waals surface area contributed by atoms with Crippen molar-refractivity contribution in [3.05, 3.63) is 11.6 Å². The van der Waals surface area contributed by atoms with Gasteiger partial charge in [0.05, 0.1) is 0 Å². The molecule has 0 bridgehead atoms. The summed E-state index contributed by atoms with van der Waals surface area (Å²) in [6.45, 7) is 6.64. The molecule has 4 aliphatic carbocycles. The van der Waals surface area contributed by atoms with Gasteiger partial charge in [0.2, 0.25) is 0 Å². The normalized spacial score (nSPS) is 48.7. The molecular formula is C21H32O2. The topological polar surface area (TPSA) is 26.3 Å². The Bertz CT molecular complexity index is 536. The van der Waals surface area contributed by atoms with Crippen LogP contribution < -0.4 is 0 Å². The molecule has 0 amide bonds. The molecule has 6 atom stereocenters. The van der Waals surface area contributed by atoms with E-state index in [1.807, 2.05) is 0 Å². The molecule has 0 aromatic rings. The Morgan fingerprint density at radius 2 is 1.96 bits per heavy atom. The van der Waals surface area contributed by atoms with E-state index in [1.165, 1.54) is 44.9 Å². The molecule has 0 radical (unpaired) electrons. The minimum atomic E-state index is -0.118. The largest absolute Gasteiger partial charge is 0.462 e. The Balaban J connectivity index is 1.58. The maximum absolute atomic E-state index is 11.3. The Labute approximate surface area is 141 Å². The second-order valence-electron chi connectivity index (χ2n) is 9.32. The van der Waals surface area contributed by atoms with E-state index < -0.39 is 0 Å². The first-order chi connectivity index (χ1) is 10.9. The van der Waals surface area contributed by atoms with E-state index in [9.17, 15) is 4.79 Å². The zero-order valence-corrected chi connectivity index (χ0v) is 15.1. The van der Waals surface area contributed by atoms with Gasteiger partial charge in [-0.05, 0) is 73.5 Å². The fourth-order valence-electron chi connectivity index (χ4n) is 6.96. The molecule has 4 rings (SSSR count). The fraction of sp³-hybridized carbons (Fsp3) is 0.857. The predicted molar refractivity (Wildman–Crippen MR) is 91.9 cm³/mol. The van der Waals surface area contributed by atoms with Gasteiger partial charge in [0, 0.05) is 13.3 Å². The van der Waals surface area contributed by atoms with Crippen molar-refractivity contribution in [2.75, 3.05) is 0 Å². The van der Waals surface area contributed by atoms with Crippen LogP contribution in [0.4, 0.5) is 0 Å². The Morgan fingerprint density at radius 3 is 2.74 bits per heavy atom. The lowest BCUT2D eigenvalue weighted by atomic mass is 9.48. The highest BCUT2D eigenvalue weighted by Gasteiger charge is 2.55. The van der Waals surface area contributed by atoms with Crippen molar-refractivity contribution >= 4 is 5.97 Å². The van der Waals surface area contributed by atoms with Crippen LogP contribution in [0.3, 0.4) is 0 Å². The maximum atomic E-state index is 11.3. The van der Waals surface area contributed by atoms with Gasteiger partial charge in [0.1, 0.15) is 6.10 Å². The predicted octanol–water partition coefficient (Wildman–Crippen LogP) is 5.27. The van der Waals surface area contributed by atoms with Gasteiger partial charge in [-0.3, -0.25) is 4.79 Å². The summed E-state index contributed by atoms with van der Waals surface area (Å²) in [6.07, 6.45) is 14.5. The van der Waals surface area contributed by atoms with Gasteiger partial charge < -0.3 is 4.74 Å². The van der Waals surface area contributed by atoms with E-state index in [0.717, 1.165) is 30.6 Å². The highest BCUT2D eigenvalue weighted by Crippen LogP contribution is 2.64. The van der Waals surface area contributed by atoms with Gasteiger partial charge >= 0.3 is 5.97 Å². The molecule has 3 saturated carbocycles. The molecule has 0 heterocycles. The summed E-state index contributed by atoms with van der Waals surface area (Å²) in [5.74, 6) is 2.63.